The molecule has 0 radical (unpaired) electrons. The van der Waals surface area contributed by atoms with E-state index in [2.05, 4.69) is 26.0 Å². The molecule has 2 rings (SSSR count). The molecule has 0 heterocycles. The number of nitrogens with one attached hydrogen (secondary N) is 1. The molecule has 130 valence electrons. The molecule has 25 heavy (non-hydrogen) atoms. The zero-order valence-corrected chi connectivity index (χ0v) is 14.4. The highest BCUT2D eigenvalue weighted by molar-refractivity contribution is 9.10. The molecule has 0 saturated heterocycles. The zero-order valence-electron chi connectivity index (χ0n) is 12.8. The number of benzene rings is 2. The quantitative estimate of drug-likeness (QED) is 0.756. The molecule has 0 fully saturated rings. The zero-order chi connectivity index (χ0) is 18.2. The lowest BCUT2D eigenvalue weighted by Gasteiger charge is -2.12. The fraction of sp³-hybridized carbons (Fsp3) is 0.176. The summed E-state index contributed by atoms with van der Waals surface area (Å²) in [5.74, 6) is 0.0113. The molecule has 5 nitrogen and oxygen atoms in total. The van der Waals surface area contributed by atoms with Crippen LogP contribution in [0.3, 0.4) is 0 Å². The van der Waals surface area contributed by atoms with Gasteiger partial charge in [-0.1, -0.05) is 15.9 Å². The van der Waals surface area contributed by atoms with Crippen LogP contribution in [0.1, 0.15) is 11.1 Å². The van der Waals surface area contributed by atoms with Gasteiger partial charge in [-0.25, -0.2) is 0 Å². The van der Waals surface area contributed by atoms with E-state index in [4.69, 9.17) is 10.00 Å². The molecule has 8 heteroatoms. The van der Waals surface area contributed by atoms with E-state index >= 15 is 0 Å². The number of carbonyl (C=O) groups excluding carboxylic acids is 1. The van der Waals surface area contributed by atoms with Crippen molar-refractivity contribution in [2.75, 3.05) is 6.61 Å². The van der Waals surface area contributed by atoms with Crippen molar-refractivity contribution in [3.8, 4) is 17.6 Å². The molecule has 0 unspecified atom stereocenters. The summed E-state index contributed by atoms with van der Waals surface area (Å²) in [4.78, 5) is 11.8. The predicted molar refractivity (Wildman–Crippen MR) is 89.3 cm³/mol. The number of rotatable bonds is 7. The van der Waals surface area contributed by atoms with Crippen LogP contribution in [0.2, 0.25) is 0 Å². The maximum Gasteiger partial charge on any atom is 0.387 e. The van der Waals surface area contributed by atoms with E-state index in [1.807, 2.05) is 6.07 Å². The third-order valence-corrected chi connectivity index (χ3v) is 3.56. The lowest BCUT2D eigenvalue weighted by atomic mass is 10.2. The van der Waals surface area contributed by atoms with Gasteiger partial charge in [-0.3, -0.25) is 4.79 Å². The molecule has 1 amide bonds. The van der Waals surface area contributed by atoms with Gasteiger partial charge in [0.1, 0.15) is 11.5 Å². The summed E-state index contributed by atoms with van der Waals surface area (Å²) in [6, 6.07) is 12.8. The molecule has 0 aliphatic rings. The van der Waals surface area contributed by atoms with Gasteiger partial charge in [0.25, 0.3) is 5.91 Å². The highest BCUT2D eigenvalue weighted by atomic mass is 79.9. The maximum absolute atomic E-state index is 12.4. The highest BCUT2D eigenvalue weighted by Crippen LogP contribution is 2.24. The Hall–Kier alpha value is -2.66. The SMILES string of the molecule is N#Cc1ccc(OCC(=O)NCc2cc(Br)ccc2OC(F)F)cc1. The third-order valence-electron chi connectivity index (χ3n) is 3.07. The van der Waals surface area contributed by atoms with Gasteiger partial charge in [0.05, 0.1) is 11.6 Å². The molecule has 0 saturated carbocycles. The summed E-state index contributed by atoms with van der Waals surface area (Å²) >= 11 is 3.24. The van der Waals surface area contributed by atoms with Gasteiger partial charge in [-0.2, -0.15) is 14.0 Å². The lowest BCUT2D eigenvalue weighted by molar-refractivity contribution is -0.123. The van der Waals surface area contributed by atoms with Crippen LogP contribution in [0.25, 0.3) is 0 Å². The maximum atomic E-state index is 12.4. The largest absolute Gasteiger partial charge is 0.484 e. The van der Waals surface area contributed by atoms with Gasteiger partial charge in [-0.05, 0) is 42.5 Å². The number of alkyl halides is 2. The average molecular weight is 411 g/mol. The Balaban J connectivity index is 1.89. The molecule has 1 N–H and O–H groups in total. The van der Waals surface area contributed by atoms with E-state index < -0.39 is 12.5 Å². The Morgan fingerprint density at radius 3 is 2.60 bits per heavy atom. The topological polar surface area (TPSA) is 71.3 Å². The van der Waals surface area contributed by atoms with Crippen molar-refractivity contribution in [3.63, 3.8) is 0 Å². The monoisotopic (exact) mass is 410 g/mol. The van der Waals surface area contributed by atoms with Crippen molar-refractivity contribution in [2.24, 2.45) is 0 Å². The fourth-order valence-electron chi connectivity index (χ4n) is 1.92. The van der Waals surface area contributed by atoms with Crippen LogP contribution in [0, 0.1) is 11.3 Å². The standard InChI is InChI=1S/C17H13BrF2N2O3/c18-13-3-6-15(25-17(19)20)12(7-13)9-22-16(23)10-24-14-4-1-11(8-21)2-5-14/h1-7,17H,9-10H2,(H,22,23). The third kappa shape index (κ3) is 6.04. The summed E-state index contributed by atoms with van der Waals surface area (Å²) < 4.78 is 35.2. The summed E-state index contributed by atoms with van der Waals surface area (Å²) in [6.07, 6.45) is 0. The molecule has 0 aromatic heterocycles. The van der Waals surface area contributed by atoms with E-state index in [1.165, 1.54) is 6.07 Å². The van der Waals surface area contributed by atoms with Gasteiger partial charge in [-0.15, -0.1) is 0 Å². The summed E-state index contributed by atoms with van der Waals surface area (Å²) in [5, 5.41) is 11.3. The van der Waals surface area contributed by atoms with Crippen molar-refractivity contribution in [1.82, 2.24) is 5.32 Å². The minimum atomic E-state index is -2.95. The van der Waals surface area contributed by atoms with Gasteiger partial charge in [0.15, 0.2) is 6.61 Å². The van der Waals surface area contributed by atoms with Crippen molar-refractivity contribution < 1.29 is 23.0 Å². The Labute approximate surface area is 151 Å². The molecule has 0 aliphatic carbocycles. The fourth-order valence-corrected chi connectivity index (χ4v) is 2.33. The first-order chi connectivity index (χ1) is 12.0. The van der Waals surface area contributed by atoms with Crippen LogP contribution >= 0.6 is 15.9 Å². The number of carbonyl (C=O) groups is 1. The van der Waals surface area contributed by atoms with E-state index in [0.717, 1.165) is 0 Å². The van der Waals surface area contributed by atoms with Crippen LogP contribution < -0.4 is 14.8 Å². The number of nitriles is 1. The second-order valence-corrected chi connectivity index (χ2v) is 5.75. The van der Waals surface area contributed by atoms with Crippen molar-refractivity contribution in [2.45, 2.75) is 13.2 Å². The molecule has 2 aromatic rings. The second kappa shape index (κ2) is 8.99. The van der Waals surface area contributed by atoms with Crippen LogP contribution in [-0.2, 0) is 11.3 Å². The summed E-state index contributed by atoms with van der Waals surface area (Å²) in [7, 11) is 0. The minimum absolute atomic E-state index is 0.00786. The van der Waals surface area contributed by atoms with Crippen molar-refractivity contribution in [1.29, 1.82) is 5.26 Å². The van der Waals surface area contributed by atoms with Crippen molar-refractivity contribution in [3.05, 3.63) is 58.1 Å². The molecular weight excluding hydrogens is 398 g/mol. The number of hydrogen-bond donors (Lipinski definition) is 1. The molecule has 0 atom stereocenters. The molecule has 2 aromatic carbocycles. The number of hydrogen-bond acceptors (Lipinski definition) is 4. The smallest absolute Gasteiger partial charge is 0.387 e. The molecule has 0 bridgehead atoms. The van der Waals surface area contributed by atoms with E-state index in [1.54, 1.807) is 36.4 Å². The van der Waals surface area contributed by atoms with Crippen LogP contribution in [0.15, 0.2) is 46.9 Å². The van der Waals surface area contributed by atoms with Gasteiger partial charge >= 0.3 is 6.61 Å². The van der Waals surface area contributed by atoms with Crippen LogP contribution in [0.4, 0.5) is 8.78 Å². The first-order valence-electron chi connectivity index (χ1n) is 7.11. The normalized spacial score (nSPS) is 10.2. The summed E-state index contributed by atoms with van der Waals surface area (Å²) in [5.41, 5.74) is 0.888. The molecular formula is C17H13BrF2N2O3. The van der Waals surface area contributed by atoms with E-state index in [0.29, 0.717) is 21.3 Å². The number of ether oxygens (including phenoxy) is 2. The van der Waals surface area contributed by atoms with Gasteiger partial charge < -0.3 is 14.8 Å². The predicted octanol–water partition coefficient (Wildman–Crippen LogP) is 3.62. The molecule has 0 spiro atoms. The van der Waals surface area contributed by atoms with Gasteiger partial charge in [0, 0.05) is 16.6 Å². The Morgan fingerprint density at radius 1 is 1.24 bits per heavy atom. The number of nitrogens with zero attached hydrogens (tertiary/aromatic N) is 1. The first-order valence-corrected chi connectivity index (χ1v) is 7.90. The number of amides is 1. The van der Waals surface area contributed by atoms with Gasteiger partial charge in [0.2, 0.25) is 0 Å². The summed E-state index contributed by atoms with van der Waals surface area (Å²) in [6.45, 7) is -3.18. The van der Waals surface area contributed by atoms with Crippen LogP contribution in [0.5, 0.6) is 11.5 Å². The van der Waals surface area contributed by atoms with Crippen molar-refractivity contribution >= 4 is 21.8 Å². The number of halogens is 3. The molecule has 0 aliphatic heterocycles. The van der Waals surface area contributed by atoms with Crippen LogP contribution in [-0.4, -0.2) is 19.1 Å². The van der Waals surface area contributed by atoms with E-state index in [-0.39, 0.29) is 18.9 Å². The minimum Gasteiger partial charge on any atom is -0.484 e. The first kappa shape index (κ1) is 18.7. The Morgan fingerprint density at radius 2 is 1.96 bits per heavy atom. The highest BCUT2D eigenvalue weighted by Gasteiger charge is 2.11. The Kier molecular flexibility index (Phi) is 6.71. The Bertz CT molecular complexity index is 776. The lowest BCUT2D eigenvalue weighted by Crippen LogP contribution is -2.28. The average Bonchev–Trinajstić information content (AvgIpc) is 2.60. The van der Waals surface area contributed by atoms with E-state index in [9.17, 15) is 13.6 Å². The second-order valence-electron chi connectivity index (χ2n) is 4.83.